The zero-order valence-electron chi connectivity index (χ0n) is 18.1. The van der Waals surface area contributed by atoms with E-state index < -0.39 is 23.8 Å². The van der Waals surface area contributed by atoms with Gasteiger partial charge < -0.3 is 9.47 Å². The van der Waals surface area contributed by atoms with Crippen molar-refractivity contribution in [2.24, 2.45) is 0 Å². The van der Waals surface area contributed by atoms with Crippen LogP contribution in [0.1, 0.15) is 15.9 Å². The van der Waals surface area contributed by atoms with Gasteiger partial charge in [0.15, 0.2) is 0 Å². The number of rotatable bonds is 5. The molecular weight excluding hydrogens is 540 g/mol. The number of methoxy groups -OCH3 is 1. The van der Waals surface area contributed by atoms with Gasteiger partial charge in [0, 0.05) is 15.1 Å². The van der Waals surface area contributed by atoms with E-state index in [2.05, 4.69) is 21.2 Å². The maximum Gasteiger partial charge on any atom is 0.343 e. The van der Waals surface area contributed by atoms with Crippen LogP contribution < -0.4 is 19.7 Å². The first-order valence-corrected chi connectivity index (χ1v) is 11.3. The molecule has 8 nitrogen and oxygen atoms in total. The Hall–Kier alpha value is -3.95. The molecule has 0 saturated carbocycles. The highest BCUT2D eigenvalue weighted by Crippen LogP contribution is 2.29. The van der Waals surface area contributed by atoms with Crippen LogP contribution in [0, 0.1) is 0 Å². The first-order chi connectivity index (χ1) is 16.8. The third kappa shape index (κ3) is 5.26. The molecular formula is C25H16BrClN2O6. The number of hydrogen-bond donors (Lipinski definition) is 1. The van der Waals surface area contributed by atoms with E-state index in [1.807, 2.05) is 0 Å². The Morgan fingerprint density at radius 2 is 1.69 bits per heavy atom. The Kier molecular flexibility index (Phi) is 6.99. The van der Waals surface area contributed by atoms with Crippen LogP contribution in [0.4, 0.5) is 10.5 Å². The fourth-order valence-electron chi connectivity index (χ4n) is 3.25. The highest BCUT2D eigenvalue weighted by atomic mass is 79.9. The fraction of sp³-hybridized carbons (Fsp3) is 0.0400. The van der Waals surface area contributed by atoms with Crippen LogP contribution in [-0.4, -0.2) is 30.9 Å². The molecule has 0 radical (unpaired) electrons. The summed E-state index contributed by atoms with van der Waals surface area (Å²) in [6.45, 7) is 0. The Labute approximate surface area is 213 Å². The summed E-state index contributed by atoms with van der Waals surface area (Å²) >= 11 is 9.23. The van der Waals surface area contributed by atoms with Gasteiger partial charge in [-0.25, -0.2) is 14.5 Å². The van der Waals surface area contributed by atoms with E-state index in [1.165, 1.54) is 43.5 Å². The molecule has 0 unspecified atom stereocenters. The molecule has 1 aliphatic heterocycles. The highest BCUT2D eigenvalue weighted by molar-refractivity contribution is 9.10. The number of imide groups is 2. The summed E-state index contributed by atoms with van der Waals surface area (Å²) in [7, 11) is 1.51. The minimum Gasteiger partial charge on any atom is -0.497 e. The van der Waals surface area contributed by atoms with Crippen LogP contribution in [0.15, 0.2) is 76.8 Å². The number of amides is 4. The van der Waals surface area contributed by atoms with E-state index in [4.69, 9.17) is 21.1 Å². The number of carbonyl (C=O) groups is 4. The quantitative estimate of drug-likeness (QED) is 0.206. The molecule has 0 aliphatic carbocycles. The van der Waals surface area contributed by atoms with E-state index in [0.717, 1.165) is 4.90 Å². The van der Waals surface area contributed by atoms with Crippen LogP contribution in [0.3, 0.4) is 0 Å². The number of halogens is 2. The number of nitrogens with zero attached hydrogens (tertiary/aromatic N) is 1. The third-order valence-corrected chi connectivity index (χ3v) is 5.73. The maximum atomic E-state index is 13.1. The lowest BCUT2D eigenvalue weighted by Crippen LogP contribution is -2.54. The minimum absolute atomic E-state index is 0.108. The van der Waals surface area contributed by atoms with Crippen LogP contribution in [0.5, 0.6) is 11.5 Å². The van der Waals surface area contributed by atoms with Gasteiger partial charge in [0.2, 0.25) is 0 Å². The van der Waals surface area contributed by atoms with E-state index in [-0.39, 0.29) is 28.1 Å². The van der Waals surface area contributed by atoms with E-state index in [9.17, 15) is 19.2 Å². The molecule has 0 atom stereocenters. The number of nitrogens with one attached hydrogen (secondary N) is 1. The SMILES string of the molecule is COc1ccc(C(=O)Oc2ccc(Br)cc2/C=C2/C(=O)NC(=O)N(c3ccc(Cl)cc3)C2=O)cc1. The van der Waals surface area contributed by atoms with Crippen molar-refractivity contribution in [3.63, 3.8) is 0 Å². The van der Waals surface area contributed by atoms with Crippen molar-refractivity contribution in [1.29, 1.82) is 0 Å². The van der Waals surface area contributed by atoms with Gasteiger partial charge in [0.1, 0.15) is 17.1 Å². The molecule has 4 amide bonds. The maximum absolute atomic E-state index is 13.1. The lowest BCUT2D eigenvalue weighted by atomic mass is 10.1. The molecule has 3 aromatic rings. The first-order valence-electron chi connectivity index (χ1n) is 10.1. The molecule has 1 saturated heterocycles. The number of urea groups is 1. The zero-order chi connectivity index (χ0) is 25.1. The second-order valence-corrected chi connectivity index (χ2v) is 8.59. The van der Waals surface area contributed by atoms with E-state index in [1.54, 1.807) is 36.4 Å². The summed E-state index contributed by atoms with van der Waals surface area (Å²) in [5, 5.41) is 2.57. The van der Waals surface area contributed by atoms with Crippen molar-refractivity contribution in [1.82, 2.24) is 5.32 Å². The molecule has 35 heavy (non-hydrogen) atoms. The number of carbonyl (C=O) groups excluding carboxylic acids is 4. The Morgan fingerprint density at radius 1 is 1.00 bits per heavy atom. The molecule has 10 heteroatoms. The number of anilines is 1. The predicted octanol–water partition coefficient (Wildman–Crippen LogP) is 5.00. The van der Waals surface area contributed by atoms with Crippen LogP contribution in [0.25, 0.3) is 6.08 Å². The summed E-state index contributed by atoms with van der Waals surface area (Å²) in [5.41, 5.74) is 0.457. The van der Waals surface area contributed by atoms with E-state index in [0.29, 0.717) is 15.2 Å². The first kappa shape index (κ1) is 24.2. The number of hydrogen-bond acceptors (Lipinski definition) is 6. The number of ether oxygens (including phenoxy) is 2. The van der Waals surface area contributed by atoms with Crippen molar-refractivity contribution in [3.05, 3.63) is 92.9 Å². The van der Waals surface area contributed by atoms with E-state index >= 15 is 0 Å². The van der Waals surface area contributed by atoms with Crippen LogP contribution in [-0.2, 0) is 9.59 Å². The minimum atomic E-state index is -0.889. The lowest BCUT2D eigenvalue weighted by molar-refractivity contribution is -0.122. The molecule has 1 N–H and O–H groups in total. The number of esters is 1. The largest absolute Gasteiger partial charge is 0.497 e. The summed E-state index contributed by atoms with van der Waals surface area (Å²) in [6.07, 6.45) is 1.26. The zero-order valence-corrected chi connectivity index (χ0v) is 20.4. The lowest BCUT2D eigenvalue weighted by Gasteiger charge is -2.26. The van der Waals surface area contributed by atoms with Gasteiger partial charge in [-0.2, -0.15) is 0 Å². The molecule has 3 aromatic carbocycles. The van der Waals surface area contributed by atoms with Crippen molar-refractivity contribution in [3.8, 4) is 11.5 Å². The normalized spacial score (nSPS) is 14.7. The van der Waals surface area contributed by atoms with Crippen molar-refractivity contribution >= 4 is 63.1 Å². The van der Waals surface area contributed by atoms with Gasteiger partial charge in [0.25, 0.3) is 11.8 Å². The fourth-order valence-corrected chi connectivity index (χ4v) is 3.75. The van der Waals surface area contributed by atoms with Gasteiger partial charge in [-0.1, -0.05) is 27.5 Å². The molecule has 4 rings (SSSR count). The van der Waals surface area contributed by atoms with Crippen LogP contribution in [0.2, 0.25) is 5.02 Å². The highest BCUT2D eigenvalue weighted by Gasteiger charge is 2.37. The standard InChI is InChI=1S/C25H16BrClN2O6/c1-34-19-9-2-14(3-10-19)24(32)35-21-11-4-16(26)12-15(21)13-20-22(30)28-25(33)29(23(20)31)18-7-5-17(27)6-8-18/h2-13H,1H3,(H,28,30,33)/b20-13-. The van der Waals surface area contributed by atoms with Crippen LogP contribution >= 0.6 is 27.5 Å². The Bertz CT molecular complexity index is 1370. The summed E-state index contributed by atoms with van der Waals surface area (Å²) in [5.74, 6) is -1.67. The average Bonchev–Trinajstić information content (AvgIpc) is 2.84. The number of barbiturate groups is 1. The Morgan fingerprint density at radius 3 is 2.34 bits per heavy atom. The second-order valence-electron chi connectivity index (χ2n) is 7.23. The molecule has 1 aliphatic rings. The summed E-state index contributed by atoms with van der Waals surface area (Å²) in [4.78, 5) is 51.6. The monoisotopic (exact) mass is 554 g/mol. The molecule has 0 bridgehead atoms. The third-order valence-electron chi connectivity index (χ3n) is 4.99. The topological polar surface area (TPSA) is 102 Å². The molecule has 0 spiro atoms. The smallest absolute Gasteiger partial charge is 0.343 e. The second kappa shape index (κ2) is 10.1. The molecule has 1 fully saturated rings. The van der Waals surface area contributed by atoms with Gasteiger partial charge >= 0.3 is 12.0 Å². The number of benzene rings is 3. The molecule has 0 aromatic heterocycles. The Balaban J connectivity index is 1.68. The van der Waals surface area contributed by atoms with Gasteiger partial charge in [-0.05, 0) is 72.8 Å². The predicted molar refractivity (Wildman–Crippen MR) is 133 cm³/mol. The average molecular weight is 556 g/mol. The van der Waals surface area contributed by atoms with Gasteiger partial charge in [-0.3, -0.25) is 14.9 Å². The van der Waals surface area contributed by atoms with Gasteiger partial charge in [-0.15, -0.1) is 0 Å². The molecule has 1 heterocycles. The molecule has 176 valence electrons. The van der Waals surface area contributed by atoms with Crippen molar-refractivity contribution in [2.45, 2.75) is 0 Å². The van der Waals surface area contributed by atoms with Gasteiger partial charge in [0.05, 0.1) is 18.4 Å². The van der Waals surface area contributed by atoms with Crippen molar-refractivity contribution < 1.29 is 28.7 Å². The van der Waals surface area contributed by atoms with Crippen molar-refractivity contribution in [2.75, 3.05) is 12.0 Å². The summed E-state index contributed by atoms with van der Waals surface area (Å²) in [6, 6.07) is 16.2. The summed E-state index contributed by atoms with van der Waals surface area (Å²) < 4.78 is 11.2.